The maximum absolute atomic E-state index is 4.27. The van der Waals surface area contributed by atoms with Crippen molar-refractivity contribution in [3.63, 3.8) is 0 Å². The van der Waals surface area contributed by atoms with Gasteiger partial charge in [-0.2, -0.15) is 0 Å². The van der Waals surface area contributed by atoms with Crippen molar-refractivity contribution in [2.75, 3.05) is 5.32 Å². The Morgan fingerprint density at radius 2 is 2.21 bits per heavy atom. The summed E-state index contributed by atoms with van der Waals surface area (Å²) in [6.07, 6.45) is 6.35. The zero-order chi connectivity index (χ0) is 13.1. The Morgan fingerprint density at radius 3 is 2.84 bits per heavy atom. The second kappa shape index (κ2) is 6.01. The molecule has 3 nitrogen and oxygen atoms in total. The lowest BCUT2D eigenvalue weighted by Crippen LogP contribution is -2.17. The van der Waals surface area contributed by atoms with Crippen molar-refractivity contribution in [2.24, 2.45) is 5.92 Å². The summed E-state index contributed by atoms with van der Waals surface area (Å²) in [5.74, 6) is 0.743. The van der Waals surface area contributed by atoms with Crippen LogP contribution in [0.4, 0.5) is 5.13 Å². The molecule has 1 unspecified atom stereocenters. The topological polar surface area (TPSA) is 37.8 Å². The highest BCUT2D eigenvalue weighted by Crippen LogP contribution is 2.39. The minimum absolute atomic E-state index is 0.417. The van der Waals surface area contributed by atoms with E-state index < -0.39 is 0 Å². The summed E-state index contributed by atoms with van der Waals surface area (Å²) in [5.41, 5.74) is 0. The molecule has 2 aromatic heterocycles. The molecule has 2 heterocycles. The predicted octanol–water partition coefficient (Wildman–Crippen LogP) is 4.51. The zero-order valence-corrected chi connectivity index (χ0v) is 12.8. The Balaban J connectivity index is 1.78. The summed E-state index contributed by atoms with van der Waals surface area (Å²) in [5, 5.41) is 16.4. The lowest BCUT2D eigenvalue weighted by molar-refractivity contribution is 0.475. The first-order valence-electron chi connectivity index (χ1n) is 6.99. The molecule has 0 bridgehead atoms. The van der Waals surface area contributed by atoms with E-state index in [0.717, 1.165) is 22.5 Å². The first-order valence-corrected chi connectivity index (χ1v) is 8.68. The van der Waals surface area contributed by atoms with Crippen molar-refractivity contribution >= 4 is 27.8 Å². The fraction of sp³-hybridized carbons (Fsp3) is 0.571. The molecule has 1 fully saturated rings. The van der Waals surface area contributed by atoms with Crippen LogP contribution in [0.5, 0.6) is 0 Å². The molecule has 0 spiro atoms. The lowest BCUT2D eigenvalue weighted by atomic mass is 9.97. The Labute approximate surface area is 122 Å². The van der Waals surface area contributed by atoms with Crippen LogP contribution in [-0.4, -0.2) is 10.2 Å². The van der Waals surface area contributed by atoms with Gasteiger partial charge in [-0.3, -0.25) is 0 Å². The molecule has 5 heteroatoms. The van der Waals surface area contributed by atoms with E-state index in [0.29, 0.717) is 6.04 Å². The number of thiophene rings is 1. The number of nitrogens with one attached hydrogen (secondary N) is 1. The molecule has 1 saturated carbocycles. The summed E-state index contributed by atoms with van der Waals surface area (Å²) < 4.78 is 0. The molecule has 0 aliphatic heterocycles. The van der Waals surface area contributed by atoms with E-state index in [9.17, 15) is 0 Å². The smallest absolute Gasteiger partial charge is 0.206 e. The van der Waals surface area contributed by atoms with Crippen LogP contribution in [0, 0.1) is 5.92 Å². The SMILES string of the molecule is CCc1nnc(NC(c2cccs2)C2CCCC2)s1. The quantitative estimate of drug-likeness (QED) is 0.881. The molecule has 1 atom stereocenters. The summed E-state index contributed by atoms with van der Waals surface area (Å²) in [6.45, 7) is 2.12. The molecule has 1 aliphatic carbocycles. The first kappa shape index (κ1) is 13.1. The molecule has 0 radical (unpaired) electrons. The standard InChI is InChI=1S/C14H19N3S2/c1-2-12-16-17-14(19-12)15-13(10-6-3-4-7-10)11-8-5-9-18-11/h5,8-10,13H,2-4,6-7H2,1H3,(H,15,17). The molecule has 1 aliphatic rings. The van der Waals surface area contributed by atoms with Gasteiger partial charge < -0.3 is 5.32 Å². The van der Waals surface area contributed by atoms with Gasteiger partial charge in [-0.1, -0.05) is 37.2 Å². The van der Waals surface area contributed by atoms with Gasteiger partial charge >= 0.3 is 0 Å². The van der Waals surface area contributed by atoms with Gasteiger partial charge in [0.2, 0.25) is 5.13 Å². The molecule has 102 valence electrons. The average Bonchev–Trinajstić information content (AvgIpc) is 3.17. The van der Waals surface area contributed by atoms with E-state index in [-0.39, 0.29) is 0 Å². The van der Waals surface area contributed by atoms with Gasteiger partial charge in [0.1, 0.15) is 5.01 Å². The molecule has 1 N–H and O–H groups in total. The summed E-state index contributed by atoms with van der Waals surface area (Å²) in [7, 11) is 0. The van der Waals surface area contributed by atoms with Crippen LogP contribution in [0.1, 0.15) is 48.5 Å². The maximum atomic E-state index is 4.27. The van der Waals surface area contributed by atoms with Gasteiger partial charge in [-0.15, -0.1) is 21.5 Å². The van der Waals surface area contributed by atoms with Crippen molar-refractivity contribution < 1.29 is 0 Å². The van der Waals surface area contributed by atoms with Gasteiger partial charge in [0.15, 0.2) is 0 Å². The summed E-state index contributed by atoms with van der Waals surface area (Å²) >= 11 is 3.53. The van der Waals surface area contributed by atoms with Crippen LogP contribution >= 0.6 is 22.7 Å². The number of rotatable bonds is 5. The summed E-state index contributed by atoms with van der Waals surface area (Å²) in [6, 6.07) is 4.80. The monoisotopic (exact) mass is 293 g/mol. The fourth-order valence-electron chi connectivity index (χ4n) is 2.77. The van der Waals surface area contributed by atoms with Crippen LogP contribution in [0.25, 0.3) is 0 Å². The van der Waals surface area contributed by atoms with Crippen molar-refractivity contribution in [2.45, 2.75) is 45.1 Å². The molecule has 19 heavy (non-hydrogen) atoms. The molecule has 0 saturated heterocycles. The van der Waals surface area contributed by atoms with Crippen LogP contribution in [-0.2, 0) is 6.42 Å². The highest BCUT2D eigenvalue weighted by atomic mass is 32.1. The van der Waals surface area contributed by atoms with Gasteiger partial charge in [-0.05, 0) is 36.6 Å². The van der Waals surface area contributed by atoms with Crippen LogP contribution < -0.4 is 5.32 Å². The molecule has 0 aromatic carbocycles. The second-order valence-corrected chi connectivity index (χ2v) is 7.08. The first-order chi connectivity index (χ1) is 9.36. The summed E-state index contributed by atoms with van der Waals surface area (Å²) in [4.78, 5) is 1.43. The Hall–Kier alpha value is -0.940. The van der Waals surface area contributed by atoms with E-state index in [1.807, 2.05) is 11.3 Å². The Kier molecular flexibility index (Phi) is 4.13. The number of anilines is 1. The normalized spacial score (nSPS) is 17.7. The number of aryl methyl sites for hydroxylation is 1. The highest BCUT2D eigenvalue weighted by Gasteiger charge is 2.27. The molecule has 3 rings (SSSR count). The third-order valence-corrected chi connectivity index (χ3v) is 5.72. The number of nitrogens with zero attached hydrogens (tertiary/aromatic N) is 2. The van der Waals surface area contributed by atoms with Crippen LogP contribution in [0.3, 0.4) is 0 Å². The van der Waals surface area contributed by atoms with Crippen molar-refractivity contribution in [3.05, 3.63) is 27.4 Å². The minimum atomic E-state index is 0.417. The Morgan fingerprint density at radius 1 is 1.37 bits per heavy atom. The van der Waals surface area contributed by atoms with E-state index in [1.54, 1.807) is 11.3 Å². The van der Waals surface area contributed by atoms with E-state index in [1.165, 1.54) is 30.6 Å². The minimum Gasteiger partial charge on any atom is -0.352 e. The molecule has 0 amide bonds. The second-order valence-electron chi connectivity index (χ2n) is 5.04. The van der Waals surface area contributed by atoms with Gasteiger partial charge in [-0.25, -0.2) is 0 Å². The van der Waals surface area contributed by atoms with Gasteiger partial charge in [0, 0.05) is 4.88 Å². The number of hydrogen-bond donors (Lipinski definition) is 1. The average molecular weight is 293 g/mol. The predicted molar refractivity (Wildman–Crippen MR) is 81.9 cm³/mol. The molecular weight excluding hydrogens is 274 g/mol. The number of aromatic nitrogens is 2. The maximum Gasteiger partial charge on any atom is 0.206 e. The van der Waals surface area contributed by atoms with Crippen LogP contribution in [0.2, 0.25) is 0 Å². The largest absolute Gasteiger partial charge is 0.352 e. The van der Waals surface area contributed by atoms with Gasteiger partial charge in [0.05, 0.1) is 6.04 Å². The number of hydrogen-bond acceptors (Lipinski definition) is 5. The Bertz CT molecular complexity index is 501. The van der Waals surface area contributed by atoms with Gasteiger partial charge in [0.25, 0.3) is 0 Å². The lowest BCUT2D eigenvalue weighted by Gasteiger charge is -2.23. The van der Waals surface area contributed by atoms with Crippen molar-refractivity contribution in [3.8, 4) is 0 Å². The fourth-order valence-corrected chi connectivity index (χ4v) is 4.35. The highest BCUT2D eigenvalue weighted by molar-refractivity contribution is 7.15. The van der Waals surface area contributed by atoms with Crippen molar-refractivity contribution in [1.29, 1.82) is 0 Å². The molecular formula is C14H19N3S2. The van der Waals surface area contributed by atoms with Crippen LogP contribution in [0.15, 0.2) is 17.5 Å². The third kappa shape index (κ3) is 2.98. The van der Waals surface area contributed by atoms with E-state index >= 15 is 0 Å². The zero-order valence-electron chi connectivity index (χ0n) is 11.1. The van der Waals surface area contributed by atoms with E-state index in [4.69, 9.17) is 0 Å². The van der Waals surface area contributed by atoms with E-state index in [2.05, 4.69) is 40.0 Å². The third-order valence-electron chi connectivity index (χ3n) is 3.77. The molecule has 2 aromatic rings. The van der Waals surface area contributed by atoms with Crippen molar-refractivity contribution in [1.82, 2.24) is 10.2 Å².